The molecule has 0 spiro atoms. The Morgan fingerprint density at radius 2 is 1.62 bits per heavy atom. The summed E-state index contributed by atoms with van der Waals surface area (Å²) in [6, 6.07) is 16.6. The van der Waals surface area contributed by atoms with Crippen molar-refractivity contribution in [2.24, 2.45) is 0 Å². The van der Waals surface area contributed by atoms with Gasteiger partial charge in [0.05, 0.1) is 13.2 Å². The molecule has 3 heterocycles. The van der Waals surface area contributed by atoms with Gasteiger partial charge in [-0.05, 0) is 40.1 Å². The lowest BCUT2D eigenvalue weighted by atomic mass is 9.87. The first kappa shape index (κ1) is 22.5. The zero-order chi connectivity index (χ0) is 23.7. The van der Waals surface area contributed by atoms with Crippen molar-refractivity contribution in [3.8, 4) is 11.4 Å². The molecule has 0 saturated carbocycles. The Kier molecular flexibility index (Phi) is 6.06. The van der Waals surface area contributed by atoms with Crippen LogP contribution < -0.4 is 10.2 Å². The van der Waals surface area contributed by atoms with Crippen LogP contribution in [0.4, 0.5) is 17.5 Å². The number of morpholine rings is 1. The Labute approximate surface area is 204 Å². The molecule has 0 aliphatic carbocycles. The molecule has 174 valence electrons. The Balaban J connectivity index is 1.52. The molecule has 0 unspecified atom stereocenters. The summed E-state index contributed by atoms with van der Waals surface area (Å²) in [5.74, 6) is 1.84. The number of rotatable bonds is 4. The Morgan fingerprint density at radius 1 is 0.912 bits per heavy atom. The molecule has 34 heavy (non-hydrogen) atoms. The molecule has 0 atom stereocenters. The lowest BCUT2D eigenvalue weighted by molar-refractivity contribution is 0.122. The van der Waals surface area contributed by atoms with E-state index in [0.717, 1.165) is 40.9 Å². The molecular weight excluding hydrogens is 448 g/mol. The molecule has 7 nitrogen and oxygen atoms in total. The van der Waals surface area contributed by atoms with Crippen LogP contribution in [-0.4, -0.2) is 46.2 Å². The molecular formula is C26H27ClN6O. The third-order valence-corrected chi connectivity index (χ3v) is 6.11. The average Bonchev–Trinajstić information content (AvgIpc) is 2.84. The van der Waals surface area contributed by atoms with Crippen molar-refractivity contribution < 1.29 is 4.74 Å². The van der Waals surface area contributed by atoms with Crippen molar-refractivity contribution in [1.29, 1.82) is 0 Å². The molecule has 1 aliphatic heterocycles. The van der Waals surface area contributed by atoms with Crippen LogP contribution >= 0.6 is 11.6 Å². The van der Waals surface area contributed by atoms with E-state index in [-0.39, 0.29) is 10.7 Å². The fraction of sp³-hybridized carbons (Fsp3) is 0.308. The van der Waals surface area contributed by atoms with Gasteiger partial charge in [-0.15, -0.1) is 0 Å². The van der Waals surface area contributed by atoms with Gasteiger partial charge in [0, 0.05) is 35.9 Å². The summed E-state index contributed by atoms with van der Waals surface area (Å²) >= 11 is 6.30. The van der Waals surface area contributed by atoms with Gasteiger partial charge in [-0.3, -0.25) is 0 Å². The molecule has 1 saturated heterocycles. The van der Waals surface area contributed by atoms with Gasteiger partial charge in [-0.25, -0.2) is 4.98 Å². The Hall–Kier alpha value is -3.29. The molecule has 2 aromatic carbocycles. The van der Waals surface area contributed by atoms with Gasteiger partial charge in [0.15, 0.2) is 5.82 Å². The molecule has 2 aromatic heterocycles. The number of nitrogens with zero attached hydrogens (tertiary/aromatic N) is 5. The van der Waals surface area contributed by atoms with E-state index in [9.17, 15) is 0 Å². The number of hydrogen-bond acceptors (Lipinski definition) is 7. The molecule has 0 radical (unpaired) electrons. The van der Waals surface area contributed by atoms with E-state index in [2.05, 4.69) is 65.2 Å². The van der Waals surface area contributed by atoms with E-state index in [0.29, 0.717) is 25.0 Å². The maximum atomic E-state index is 6.30. The van der Waals surface area contributed by atoms with Crippen molar-refractivity contribution in [3.63, 3.8) is 0 Å². The van der Waals surface area contributed by atoms with Gasteiger partial charge in [0.2, 0.25) is 11.2 Å². The molecule has 1 aliphatic rings. The fourth-order valence-electron chi connectivity index (χ4n) is 4.03. The molecule has 0 bridgehead atoms. The largest absolute Gasteiger partial charge is 0.378 e. The minimum Gasteiger partial charge on any atom is -0.378 e. The van der Waals surface area contributed by atoms with Crippen molar-refractivity contribution in [1.82, 2.24) is 19.9 Å². The molecule has 8 heteroatoms. The summed E-state index contributed by atoms with van der Waals surface area (Å²) < 4.78 is 5.45. The van der Waals surface area contributed by atoms with Gasteiger partial charge in [-0.2, -0.15) is 15.0 Å². The number of hydrogen-bond donors (Lipinski definition) is 1. The number of fused-ring (bicyclic) bond motifs is 1. The lowest BCUT2D eigenvalue weighted by Gasteiger charge is -2.26. The van der Waals surface area contributed by atoms with Crippen LogP contribution in [0.15, 0.2) is 54.7 Å². The number of benzene rings is 2. The second-order valence-corrected chi connectivity index (χ2v) is 9.68. The maximum Gasteiger partial charge on any atom is 0.230 e. The van der Waals surface area contributed by atoms with Gasteiger partial charge in [0.1, 0.15) is 5.82 Å². The number of aromatic nitrogens is 4. The van der Waals surface area contributed by atoms with E-state index >= 15 is 0 Å². The second kappa shape index (κ2) is 9.16. The highest BCUT2D eigenvalue weighted by Gasteiger charge is 2.19. The van der Waals surface area contributed by atoms with Crippen molar-refractivity contribution >= 4 is 39.8 Å². The summed E-state index contributed by atoms with van der Waals surface area (Å²) in [5, 5.41) is 5.59. The lowest BCUT2D eigenvalue weighted by Crippen LogP contribution is -2.37. The monoisotopic (exact) mass is 474 g/mol. The van der Waals surface area contributed by atoms with Crippen LogP contribution in [0.3, 0.4) is 0 Å². The zero-order valence-corrected chi connectivity index (χ0v) is 20.3. The SMILES string of the molecule is CC(C)(C)c1ccc(Nc2ncc(-c3nc(Cl)nc(N4CCOCC4)n3)c3ccccc23)cc1. The zero-order valence-electron chi connectivity index (χ0n) is 19.5. The van der Waals surface area contributed by atoms with E-state index < -0.39 is 0 Å². The fourth-order valence-corrected chi connectivity index (χ4v) is 4.18. The third-order valence-electron chi connectivity index (χ3n) is 5.94. The molecule has 5 rings (SSSR count). The number of halogens is 1. The first-order valence-corrected chi connectivity index (χ1v) is 11.8. The standard InChI is InChI=1S/C26H27ClN6O/c1-26(2,3)17-8-10-18(11-9-17)29-22-20-7-5-4-6-19(20)21(16-28-22)23-30-24(27)32-25(31-23)33-12-14-34-15-13-33/h4-11,16H,12-15H2,1-3H3,(H,28,29). The Morgan fingerprint density at radius 3 is 2.32 bits per heavy atom. The number of ether oxygens (including phenoxy) is 1. The molecule has 1 fully saturated rings. The van der Waals surface area contributed by atoms with Gasteiger partial charge >= 0.3 is 0 Å². The van der Waals surface area contributed by atoms with Crippen molar-refractivity contribution in [2.45, 2.75) is 26.2 Å². The van der Waals surface area contributed by atoms with Crippen LogP contribution in [-0.2, 0) is 10.2 Å². The normalized spacial score (nSPS) is 14.4. The highest BCUT2D eigenvalue weighted by molar-refractivity contribution is 6.28. The summed E-state index contributed by atoms with van der Waals surface area (Å²) in [5.41, 5.74) is 3.19. The van der Waals surface area contributed by atoms with Crippen LogP contribution in [0.1, 0.15) is 26.3 Å². The highest BCUT2D eigenvalue weighted by Crippen LogP contribution is 2.33. The van der Waals surface area contributed by atoms with Crippen molar-refractivity contribution in [3.05, 3.63) is 65.6 Å². The Bertz CT molecular complexity index is 1310. The summed E-state index contributed by atoms with van der Waals surface area (Å²) in [4.78, 5) is 20.3. The third kappa shape index (κ3) is 4.67. The second-order valence-electron chi connectivity index (χ2n) is 9.35. The van der Waals surface area contributed by atoms with E-state index in [1.807, 2.05) is 24.3 Å². The summed E-state index contributed by atoms with van der Waals surface area (Å²) in [7, 11) is 0. The minimum atomic E-state index is 0.108. The van der Waals surface area contributed by atoms with E-state index in [1.165, 1.54) is 5.56 Å². The summed E-state index contributed by atoms with van der Waals surface area (Å²) in [6.45, 7) is 9.34. The van der Waals surface area contributed by atoms with Crippen LogP contribution in [0, 0.1) is 0 Å². The first-order valence-electron chi connectivity index (χ1n) is 11.4. The quantitative estimate of drug-likeness (QED) is 0.411. The van der Waals surface area contributed by atoms with E-state index in [4.69, 9.17) is 26.3 Å². The number of anilines is 3. The van der Waals surface area contributed by atoms with Crippen LogP contribution in [0.25, 0.3) is 22.2 Å². The predicted molar refractivity (Wildman–Crippen MR) is 137 cm³/mol. The number of nitrogens with one attached hydrogen (secondary N) is 1. The predicted octanol–water partition coefficient (Wildman–Crippen LogP) is 5.62. The number of pyridine rings is 1. The first-order chi connectivity index (χ1) is 16.4. The van der Waals surface area contributed by atoms with E-state index in [1.54, 1.807) is 6.20 Å². The van der Waals surface area contributed by atoms with Crippen LogP contribution in [0.2, 0.25) is 5.28 Å². The topological polar surface area (TPSA) is 76.1 Å². The average molecular weight is 475 g/mol. The smallest absolute Gasteiger partial charge is 0.230 e. The molecule has 0 amide bonds. The molecule has 4 aromatic rings. The van der Waals surface area contributed by atoms with Gasteiger partial charge in [0.25, 0.3) is 0 Å². The minimum absolute atomic E-state index is 0.108. The maximum absolute atomic E-state index is 6.30. The van der Waals surface area contributed by atoms with Crippen LogP contribution in [0.5, 0.6) is 0 Å². The summed E-state index contributed by atoms with van der Waals surface area (Å²) in [6.07, 6.45) is 1.79. The van der Waals surface area contributed by atoms with Gasteiger partial charge < -0.3 is 15.0 Å². The van der Waals surface area contributed by atoms with Crippen molar-refractivity contribution in [2.75, 3.05) is 36.5 Å². The molecule has 1 N–H and O–H groups in total. The van der Waals surface area contributed by atoms with Gasteiger partial charge in [-0.1, -0.05) is 57.2 Å². The highest BCUT2D eigenvalue weighted by atomic mass is 35.5.